The Kier molecular flexibility index (Phi) is 8.73. The van der Waals surface area contributed by atoms with Crippen LogP contribution in [0.15, 0.2) is 29.8 Å². The van der Waals surface area contributed by atoms with Gasteiger partial charge in [-0.25, -0.2) is 4.98 Å². The van der Waals surface area contributed by atoms with Gasteiger partial charge in [-0.1, -0.05) is 45.0 Å². The second-order valence-electron chi connectivity index (χ2n) is 10.6. The maximum Gasteiger partial charge on any atom is 0.302 e. The highest BCUT2D eigenvalue weighted by molar-refractivity contribution is 7.13. The molecular weight excluding hydrogens is 492 g/mol. The van der Waals surface area contributed by atoms with E-state index in [1.165, 1.54) is 18.7 Å². The molecule has 4 atom stereocenters. The molecule has 0 spiro atoms. The second kappa shape index (κ2) is 11.4. The van der Waals surface area contributed by atoms with Crippen molar-refractivity contribution in [3.63, 3.8) is 0 Å². The predicted molar refractivity (Wildman–Crippen MR) is 142 cm³/mol. The van der Waals surface area contributed by atoms with Gasteiger partial charge in [0.1, 0.15) is 18.2 Å². The Morgan fingerprint density at radius 1 is 1.11 bits per heavy atom. The topological polar surface area (TPSA) is 118 Å². The molecule has 2 heterocycles. The molecule has 1 unspecified atom stereocenters. The van der Waals surface area contributed by atoms with Crippen LogP contribution in [0, 0.1) is 12.3 Å². The molecule has 3 rings (SSSR count). The third kappa shape index (κ3) is 6.94. The zero-order chi connectivity index (χ0) is 27.5. The van der Waals surface area contributed by atoms with Gasteiger partial charge in [0, 0.05) is 20.3 Å². The molecule has 2 aromatic rings. The summed E-state index contributed by atoms with van der Waals surface area (Å²) in [6.45, 7) is 12.1. The highest BCUT2D eigenvalue weighted by atomic mass is 32.1. The van der Waals surface area contributed by atoms with Gasteiger partial charge in [-0.3, -0.25) is 19.2 Å². The van der Waals surface area contributed by atoms with Crippen LogP contribution in [0.25, 0.3) is 10.4 Å². The fourth-order valence-corrected chi connectivity index (χ4v) is 5.33. The number of rotatable bonds is 7. The molecule has 1 aromatic heterocycles. The third-order valence-corrected chi connectivity index (χ3v) is 7.40. The number of aromatic nitrogens is 1. The summed E-state index contributed by atoms with van der Waals surface area (Å²) in [6.07, 6.45) is -0.419. The number of amides is 3. The molecule has 0 saturated carbocycles. The maximum absolute atomic E-state index is 13.6. The number of carbonyl (C=O) groups excluding carboxylic acids is 4. The van der Waals surface area contributed by atoms with E-state index < -0.39 is 29.6 Å². The molecule has 1 aromatic carbocycles. The molecule has 1 fully saturated rings. The molecule has 3 amide bonds. The lowest BCUT2D eigenvalue weighted by Crippen LogP contribution is -2.57. The normalized spacial score (nSPS) is 19.2. The number of thiazole rings is 1. The molecule has 200 valence electrons. The Morgan fingerprint density at radius 2 is 1.76 bits per heavy atom. The van der Waals surface area contributed by atoms with Gasteiger partial charge in [-0.2, -0.15) is 0 Å². The zero-order valence-corrected chi connectivity index (χ0v) is 23.3. The van der Waals surface area contributed by atoms with E-state index in [1.807, 2.05) is 64.4 Å². The number of likely N-dealkylation sites (tertiary alicyclic amines) is 1. The van der Waals surface area contributed by atoms with Crippen LogP contribution in [0.1, 0.15) is 65.3 Å². The molecule has 1 aliphatic heterocycles. The SMILES string of the molecule is CC(=O)NC(C(=O)N1C[C@H](OC(C)=O)C[C@H]1C(=O)N[C@@H](C)c1ccc(-c2scnc2C)cc1)C(C)(C)C. The van der Waals surface area contributed by atoms with Crippen LogP contribution in [-0.4, -0.2) is 58.3 Å². The zero-order valence-electron chi connectivity index (χ0n) is 22.5. The van der Waals surface area contributed by atoms with Crippen molar-refractivity contribution < 1.29 is 23.9 Å². The lowest BCUT2D eigenvalue weighted by atomic mass is 9.85. The smallest absolute Gasteiger partial charge is 0.302 e. The van der Waals surface area contributed by atoms with Crippen LogP contribution in [-0.2, 0) is 23.9 Å². The van der Waals surface area contributed by atoms with Crippen molar-refractivity contribution in [2.24, 2.45) is 5.41 Å². The van der Waals surface area contributed by atoms with E-state index in [2.05, 4.69) is 15.6 Å². The lowest BCUT2D eigenvalue weighted by molar-refractivity contribution is -0.147. The second-order valence-corrected chi connectivity index (χ2v) is 11.4. The molecule has 1 saturated heterocycles. The number of esters is 1. The Bertz CT molecular complexity index is 1150. The number of nitrogens with zero attached hydrogens (tertiary/aromatic N) is 2. The minimum absolute atomic E-state index is 0.0833. The summed E-state index contributed by atoms with van der Waals surface area (Å²) >= 11 is 1.58. The van der Waals surface area contributed by atoms with Crippen molar-refractivity contribution in [3.05, 3.63) is 41.0 Å². The summed E-state index contributed by atoms with van der Waals surface area (Å²) < 4.78 is 5.36. The van der Waals surface area contributed by atoms with E-state index in [4.69, 9.17) is 4.74 Å². The predicted octanol–water partition coefficient (Wildman–Crippen LogP) is 3.38. The summed E-state index contributed by atoms with van der Waals surface area (Å²) in [5.74, 6) is -1.53. The van der Waals surface area contributed by atoms with Crippen LogP contribution in [0.4, 0.5) is 0 Å². The molecule has 0 bridgehead atoms. The molecule has 2 N–H and O–H groups in total. The monoisotopic (exact) mass is 528 g/mol. The first kappa shape index (κ1) is 28.3. The molecule has 37 heavy (non-hydrogen) atoms. The fourth-order valence-electron chi connectivity index (χ4n) is 4.52. The fraction of sp³-hybridized carbons (Fsp3) is 0.519. The van der Waals surface area contributed by atoms with Gasteiger partial charge in [0.25, 0.3) is 0 Å². The summed E-state index contributed by atoms with van der Waals surface area (Å²) in [5, 5.41) is 5.74. The van der Waals surface area contributed by atoms with E-state index in [9.17, 15) is 19.2 Å². The van der Waals surface area contributed by atoms with Gasteiger partial charge in [0.15, 0.2) is 0 Å². The first-order valence-electron chi connectivity index (χ1n) is 12.3. The van der Waals surface area contributed by atoms with E-state index in [-0.39, 0.29) is 36.7 Å². The first-order valence-corrected chi connectivity index (χ1v) is 13.2. The molecule has 0 aliphatic carbocycles. The standard InChI is InChI=1S/C27H36N4O5S/c1-15(19-8-10-20(11-9-19)23-16(2)28-14-37-23)29-25(34)22-12-21(36-18(4)33)13-31(22)26(35)24(27(5,6)7)30-17(3)32/h8-11,14-15,21-22,24H,12-13H2,1-7H3,(H,29,34)(H,30,32)/t15-,21+,22-,24?/m0/s1. The van der Waals surface area contributed by atoms with E-state index in [0.29, 0.717) is 0 Å². The van der Waals surface area contributed by atoms with Gasteiger partial charge in [0.05, 0.1) is 28.7 Å². The summed E-state index contributed by atoms with van der Waals surface area (Å²) in [6, 6.07) is 5.94. The van der Waals surface area contributed by atoms with Crippen molar-refractivity contribution in [1.82, 2.24) is 20.5 Å². The van der Waals surface area contributed by atoms with Crippen LogP contribution in [0.2, 0.25) is 0 Å². The molecule has 0 radical (unpaired) electrons. The van der Waals surface area contributed by atoms with Crippen LogP contribution >= 0.6 is 11.3 Å². The number of ether oxygens (including phenoxy) is 1. The molecular formula is C27H36N4O5S. The highest BCUT2D eigenvalue weighted by Crippen LogP contribution is 2.30. The highest BCUT2D eigenvalue weighted by Gasteiger charge is 2.45. The van der Waals surface area contributed by atoms with Gasteiger partial charge in [-0.15, -0.1) is 11.3 Å². The van der Waals surface area contributed by atoms with Gasteiger partial charge >= 0.3 is 5.97 Å². The van der Waals surface area contributed by atoms with Crippen LogP contribution < -0.4 is 10.6 Å². The average Bonchev–Trinajstić information content (AvgIpc) is 3.42. The van der Waals surface area contributed by atoms with Crippen molar-refractivity contribution in [2.75, 3.05) is 6.54 Å². The number of hydrogen-bond acceptors (Lipinski definition) is 7. The molecule has 1 aliphatic rings. The molecule has 10 heteroatoms. The number of aryl methyl sites for hydroxylation is 1. The Labute approximate surface area is 222 Å². The van der Waals surface area contributed by atoms with Gasteiger partial charge in [0.2, 0.25) is 17.7 Å². The number of benzene rings is 1. The van der Waals surface area contributed by atoms with Crippen molar-refractivity contribution in [2.45, 2.75) is 79.1 Å². The Morgan fingerprint density at radius 3 is 2.27 bits per heavy atom. The van der Waals surface area contributed by atoms with Crippen molar-refractivity contribution in [1.29, 1.82) is 0 Å². The average molecular weight is 529 g/mol. The summed E-state index contributed by atoms with van der Waals surface area (Å²) in [5.41, 5.74) is 4.17. The van der Waals surface area contributed by atoms with Crippen molar-refractivity contribution in [3.8, 4) is 10.4 Å². The number of hydrogen-bond donors (Lipinski definition) is 2. The number of nitrogens with one attached hydrogen (secondary N) is 2. The lowest BCUT2D eigenvalue weighted by Gasteiger charge is -2.35. The first-order chi connectivity index (χ1) is 17.3. The Balaban J connectivity index is 1.78. The maximum atomic E-state index is 13.6. The minimum atomic E-state index is -0.837. The molecule has 9 nitrogen and oxygen atoms in total. The van der Waals surface area contributed by atoms with E-state index in [1.54, 1.807) is 11.3 Å². The van der Waals surface area contributed by atoms with Crippen molar-refractivity contribution >= 4 is 35.0 Å². The largest absolute Gasteiger partial charge is 0.461 e. The van der Waals surface area contributed by atoms with Gasteiger partial charge in [-0.05, 0) is 30.4 Å². The van der Waals surface area contributed by atoms with Crippen LogP contribution in [0.5, 0.6) is 0 Å². The summed E-state index contributed by atoms with van der Waals surface area (Å²) in [4.78, 5) is 57.3. The quantitative estimate of drug-likeness (QED) is 0.532. The number of carbonyl (C=O) groups is 4. The van der Waals surface area contributed by atoms with E-state index in [0.717, 1.165) is 21.7 Å². The Hall–Kier alpha value is -3.27. The summed E-state index contributed by atoms with van der Waals surface area (Å²) in [7, 11) is 0. The minimum Gasteiger partial charge on any atom is -0.461 e. The van der Waals surface area contributed by atoms with E-state index >= 15 is 0 Å². The van der Waals surface area contributed by atoms with Crippen LogP contribution in [0.3, 0.4) is 0 Å². The van der Waals surface area contributed by atoms with Gasteiger partial charge < -0.3 is 20.3 Å². The third-order valence-electron chi connectivity index (χ3n) is 6.42.